The highest BCUT2D eigenvalue weighted by Crippen LogP contribution is 2.37. The van der Waals surface area contributed by atoms with Gasteiger partial charge in [0.2, 0.25) is 5.91 Å². The van der Waals surface area contributed by atoms with Gasteiger partial charge < -0.3 is 4.74 Å². The van der Waals surface area contributed by atoms with Crippen LogP contribution in [0.2, 0.25) is 0 Å². The fraction of sp³-hybridized carbons (Fsp3) is 0.150. The van der Waals surface area contributed by atoms with E-state index in [0.717, 1.165) is 23.3 Å². The predicted molar refractivity (Wildman–Crippen MR) is 93.7 cm³/mol. The van der Waals surface area contributed by atoms with Crippen molar-refractivity contribution in [2.75, 3.05) is 4.90 Å². The number of nitrogens with zero attached hydrogens (tertiary/aromatic N) is 1. The fourth-order valence-corrected chi connectivity index (χ4v) is 2.82. The van der Waals surface area contributed by atoms with Gasteiger partial charge in [0, 0.05) is 18.1 Å². The van der Waals surface area contributed by atoms with E-state index in [1.54, 1.807) is 0 Å². The van der Waals surface area contributed by atoms with Gasteiger partial charge in [0.25, 0.3) is 5.91 Å². The molecule has 0 aromatic heterocycles. The fourth-order valence-electron chi connectivity index (χ4n) is 2.82. The van der Waals surface area contributed by atoms with Crippen molar-refractivity contribution in [3.63, 3.8) is 0 Å². The third kappa shape index (κ3) is 3.36. The SMILES string of the molecule is CC(=O)c1ccc2c(c1)C(=COCc1c(F)cccc1F)C(=O)N2C(C)=O. The van der Waals surface area contributed by atoms with Crippen LogP contribution in [0, 0.1) is 11.6 Å². The first-order chi connectivity index (χ1) is 12.8. The molecular weight excluding hydrogens is 356 g/mol. The number of anilines is 1. The monoisotopic (exact) mass is 371 g/mol. The standard InChI is InChI=1S/C20H15F2NO4/c1-11(24)13-6-7-19-14(8-13)15(20(26)23(19)12(2)25)9-27-10-16-17(21)4-3-5-18(16)22/h3-9H,10H2,1-2H3. The topological polar surface area (TPSA) is 63.7 Å². The van der Waals surface area contributed by atoms with Crippen LogP contribution in [0.25, 0.3) is 5.57 Å². The van der Waals surface area contributed by atoms with Gasteiger partial charge in [0.15, 0.2) is 5.78 Å². The third-order valence-corrected chi connectivity index (χ3v) is 4.17. The van der Waals surface area contributed by atoms with Crippen LogP contribution in [0.4, 0.5) is 14.5 Å². The number of amides is 2. The first kappa shape index (κ1) is 18.4. The molecule has 27 heavy (non-hydrogen) atoms. The first-order valence-electron chi connectivity index (χ1n) is 8.06. The smallest absolute Gasteiger partial charge is 0.268 e. The zero-order valence-corrected chi connectivity index (χ0v) is 14.6. The molecule has 5 nitrogen and oxygen atoms in total. The Morgan fingerprint density at radius 2 is 1.78 bits per heavy atom. The number of ketones is 1. The summed E-state index contributed by atoms with van der Waals surface area (Å²) in [6, 6.07) is 7.93. The van der Waals surface area contributed by atoms with E-state index >= 15 is 0 Å². The van der Waals surface area contributed by atoms with Gasteiger partial charge in [-0.15, -0.1) is 0 Å². The molecule has 2 aromatic carbocycles. The van der Waals surface area contributed by atoms with E-state index in [1.807, 2.05) is 0 Å². The normalized spacial score (nSPS) is 14.4. The lowest BCUT2D eigenvalue weighted by atomic mass is 10.0. The van der Waals surface area contributed by atoms with Gasteiger partial charge in [-0.05, 0) is 37.3 Å². The van der Waals surface area contributed by atoms with Gasteiger partial charge in [0.1, 0.15) is 18.2 Å². The molecular formula is C20H15F2NO4. The van der Waals surface area contributed by atoms with Gasteiger partial charge >= 0.3 is 0 Å². The molecule has 1 heterocycles. The number of halogens is 2. The molecule has 0 saturated heterocycles. The Kier molecular flexibility index (Phi) is 4.85. The molecule has 1 aliphatic rings. The van der Waals surface area contributed by atoms with Crippen LogP contribution in [0.1, 0.15) is 35.3 Å². The maximum absolute atomic E-state index is 13.7. The number of hydrogen-bond acceptors (Lipinski definition) is 4. The van der Waals surface area contributed by atoms with E-state index < -0.39 is 30.1 Å². The van der Waals surface area contributed by atoms with E-state index in [4.69, 9.17) is 4.74 Å². The molecule has 0 N–H and O–H groups in total. The Morgan fingerprint density at radius 3 is 2.37 bits per heavy atom. The number of hydrogen-bond donors (Lipinski definition) is 0. The molecule has 0 spiro atoms. The third-order valence-electron chi connectivity index (χ3n) is 4.17. The van der Waals surface area contributed by atoms with Crippen LogP contribution >= 0.6 is 0 Å². The average Bonchev–Trinajstić information content (AvgIpc) is 2.88. The van der Waals surface area contributed by atoms with E-state index in [2.05, 4.69) is 0 Å². The van der Waals surface area contributed by atoms with Crippen LogP contribution in [0.15, 0.2) is 42.7 Å². The highest BCUT2D eigenvalue weighted by Gasteiger charge is 2.35. The number of ether oxygens (including phenoxy) is 1. The molecule has 0 saturated carbocycles. The number of fused-ring (bicyclic) bond motifs is 1. The summed E-state index contributed by atoms with van der Waals surface area (Å²) in [6.07, 6.45) is 1.06. The van der Waals surface area contributed by atoms with Crippen molar-refractivity contribution in [1.82, 2.24) is 0 Å². The Bertz CT molecular complexity index is 977. The van der Waals surface area contributed by atoms with Crippen molar-refractivity contribution in [2.45, 2.75) is 20.5 Å². The van der Waals surface area contributed by atoms with Crippen LogP contribution < -0.4 is 4.90 Å². The minimum absolute atomic E-state index is 0.0278. The zero-order valence-electron chi connectivity index (χ0n) is 14.6. The second-order valence-electron chi connectivity index (χ2n) is 5.99. The summed E-state index contributed by atoms with van der Waals surface area (Å²) in [5.41, 5.74) is 0.778. The summed E-state index contributed by atoms with van der Waals surface area (Å²) in [5.74, 6) is -2.88. The molecule has 2 amide bonds. The van der Waals surface area contributed by atoms with Crippen molar-refractivity contribution >= 4 is 28.9 Å². The molecule has 7 heteroatoms. The molecule has 2 aromatic rings. The highest BCUT2D eigenvalue weighted by molar-refractivity contribution is 6.39. The minimum Gasteiger partial charge on any atom is -0.495 e. The average molecular weight is 371 g/mol. The second kappa shape index (κ2) is 7.11. The molecule has 0 bridgehead atoms. The largest absolute Gasteiger partial charge is 0.495 e. The Labute approximate surface area is 153 Å². The van der Waals surface area contributed by atoms with E-state index in [0.29, 0.717) is 16.8 Å². The summed E-state index contributed by atoms with van der Waals surface area (Å²) in [6.45, 7) is 2.18. The van der Waals surface area contributed by atoms with E-state index in [1.165, 1.54) is 38.1 Å². The molecule has 0 atom stereocenters. The second-order valence-corrected chi connectivity index (χ2v) is 5.99. The van der Waals surface area contributed by atoms with Crippen LogP contribution in [-0.4, -0.2) is 17.6 Å². The van der Waals surface area contributed by atoms with Gasteiger partial charge in [-0.1, -0.05) is 6.07 Å². The molecule has 0 unspecified atom stereocenters. The molecule has 138 valence electrons. The molecule has 0 fully saturated rings. The van der Waals surface area contributed by atoms with E-state index in [-0.39, 0.29) is 16.9 Å². The van der Waals surface area contributed by atoms with E-state index in [9.17, 15) is 23.2 Å². The predicted octanol–water partition coefficient (Wildman–Crippen LogP) is 3.62. The number of carbonyl (C=O) groups is 3. The van der Waals surface area contributed by atoms with Crippen molar-refractivity contribution in [3.8, 4) is 0 Å². The van der Waals surface area contributed by atoms with Crippen molar-refractivity contribution in [3.05, 3.63) is 71.0 Å². The number of imide groups is 1. The van der Waals surface area contributed by atoms with Crippen molar-refractivity contribution < 1.29 is 27.9 Å². The summed E-state index contributed by atoms with van der Waals surface area (Å²) in [4.78, 5) is 37.0. The van der Waals surface area contributed by atoms with Gasteiger partial charge in [-0.3, -0.25) is 14.4 Å². The molecule has 0 radical (unpaired) electrons. The first-order valence-corrected chi connectivity index (χ1v) is 8.06. The van der Waals surface area contributed by atoms with Crippen molar-refractivity contribution in [1.29, 1.82) is 0 Å². The van der Waals surface area contributed by atoms with Crippen LogP contribution in [0.5, 0.6) is 0 Å². The Hall–Kier alpha value is -3.35. The van der Waals surface area contributed by atoms with Crippen LogP contribution in [0.3, 0.4) is 0 Å². The molecule has 0 aliphatic carbocycles. The number of rotatable bonds is 4. The maximum atomic E-state index is 13.7. The number of Topliss-reactive ketones (excluding diaryl/α,β-unsaturated/α-hetero) is 1. The Balaban J connectivity index is 1.96. The van der Waals surface area contributed by atoms with Gasteiger partial charge in [0.05, 0.1) is 23.1 Å². The lowest BCUT2D eigenvalue weighted by Crippen LogP contribution is -2.31. The van der Waals surface area contributed by atoms with Crippen molar-refractivity contribution in [2.24, 2.45) is 0 Å². The summed E-state index contributed by atoms with van der Waals surface area (Å²) >= 11 is 0. The zero-order chi connectivity index (χ0) is 19.7. The summed E-state index contributed by atoms with van der Waals surface area (Å²) < 4.78 is 32.6. The summed E-state index contributed by atoms with van der Waals surface area (Å²) in [5, 5.41) is 0. The minimum atomic E-state index is -0.768. The van der Waals surface area contributed by atoms with Gasteiger partial charge in [-0.25, -0.2) is 13.7 Å². The Morgan fingerprint density at radius 1 is 1.11 bits per heavy atom. The lowest BCUT2D eigenvalue weighted by Gasteiger charge is -2.12. The quantitative estimate of drug-likeness (QED) is 0.468. The lowest BCUT2D eigenvalue weighted by molar-refractivity contribution is -0.122. The number of carbonyl (C=O) groups excluding carboxylic acids is 3. The molecule has 3 rings (SSSR count). The highest BCUT2D eigenvalue weighted by atomic mass is 19.1. The van der Waals surface area contributed by atoms with Gasteiger partial charge in [-0.2, -0.15) is 0 Å². The maximum Gasteiger partial charge on any atom is 0.268 e. The number of benzene rings is 2. The molecule has 1 aliphatic heterocycles. The summed E-state index contributed by atoms with van der Waals surface area (Å²) in [7, 11) is 0. The van der Waals surface area contributed by atoms with Crippen LogP contribution in [-0.2, 0) is 20.9 Å².